The molecular weight excluding hydrogens is 417 g/mol. The van der Waals surface area contributed by atoms with Crippen molar-refractivity contribution < 1.29 is 9.18 Å². The van der Waals surface area contributed by atoms with Gasteiger partial charge < -0.3 is 5.32 Å². The number of benzene rings is 2. The van der Waals surface area contributed by atoms with E-state index in [0.29, 0.717) is 15.9 Å². The van der Waals surface area contributed by atoms with E-state index < -0.39 is 0 Å². The Balaban J connectivity index is 1.38. The first-order chi connectivity index (χ1) is 14.1. The molecular formula is C18H13ClFN7OS. The monoisotopic (exact) mass is 429 g/mol. The zero-order chi connectivity index (χ0) is 20.2. The number of tetrazole rings is 1. The highest BCUT2D eigenvalue weighted by molar-refractivity contribution is 7.13. The Morgan fingerprint density at radius 2 is 1.97 bits per heavy atom. The summed E-state index contributed by atoms with van der Waals surface area (Å²) in [5, 5.41) is 24.3. The van der Waals surface area contributed by atoms with Crippen LogP contribution in [0.2, 0.25) is 5.02 Å². The summed E-state index contributed by atoms with van der Waals surface area (Å²) in [5.41, 5.74) is 1.53. The van der Waals surface area contributed by atoms with Gasteiger partial charge in [-0.3, -0.25) is 4.79 Å². The van der Waals surface area contributed by atoms with Crippen molar-refractivity contribution in [2.24, 2.45) is 0 Å². The quantitative estimate of drug-likeness (QED) is 0.506. The molecule has 0 fully saturated rings. The number of hydrogen-bond acceptors (Lipinski definition) is 7. The lowest BCUT2D eigenvalue weighted by Gasteiger charge is -2.02. The first-order valence-corrected chi connectivity index (χ1v) is 9.65. The molecule has 11 heteroatoms. The highest BCUT2D eigenvalue weighted by atomic mass is 35.5. The molecule has 0 aliphatic carbocycles. The molecule has 0 aliphatic rings. The van der Waals surface area contributed by atoms with E-state index in [-0.39, 0.29) is 29.8 Å². The molecule has 1 amide bonds. The van der Waals surface area contributed by atoms with Gasteiger partial charge in [-0.25, -0.2) is 4.39 Å². The second-order valence-electron chi connectivity index (χ2n) is 5.96. The Hall–Kier alpha value is -3.24. The largest absolute Gasteiger partial charge is 0.346 e. The number of aromatic nitrogens is 6. The number of carbonyl (C=O) groups excluding carboxylic acids is 1. The molecule has 2 aromatic carbocycles. The maximum Gasteiger partial charge on any atom is 0.282 e. The summed E-state index contributed by atoms with van der Waals surface area (Å²) in [4.78, 5) is 13.6. The predicted molar refractivity (Wildman–Crippen MR) is 105 cm³/mol. The smallest absolute Gasteiger partial charge is 0.282 e. The van der Waals surface area contributed by atoms with Crippen molar-refractivity contribution in [2.45, 2.75) is 13.1 Å². The van der Waals surface area contributed by atoms with E-state index in [2.05, 4.69) is 30.9 Å². The summed E-state index contributed by atoms with van der Waals surface area (Å²) in [6.45, 7) is 0.498. The van der Waals surface area contributed by atoms with Crippen molar-refractivity contribution in [3.8, 4) is 11.4 Å². The third-order valence-electron chi connectivity index (χ3n) is 3.84. The molecule has 146 valence electrons. The summed E-state index contributed by atoms with van der Waals surface area (Å²) in [5.74, 6) is -0.243. The number of nitrogens with one attached hydrogen (secondary N) is 1. The van der Waals surface area contributed by atoms with Crippen molar-refractivity contribution >= 4 is 28.8 Å². The fraction of sp³-hybridized carbons (Fsp3) is 0.111. The van der Waals surface area contributed by atoms with Crippen molar-refractivity contribution in [3.63, 3.8) is 0 Å². The topological polar surface area (TPSA) is 98.5 Å². The van der Waals surface area contributed by atoms with Crippen molar-refractivity contribution in [2.75, 3.05) is 0 Å². The van der Waals surface area contributed by atoms with Crippen molar-refractivity contribution in [1.29, 1.82) is 0 Å². The highest BCUT2D eigenvalue weighted by Crippen LogP contribution is 2.19. The van der Waals surface area contributed by atoms with Crippen LogP contribution in [0.25, 0.3) is 11.4 Å². The van der Waals surface area contributed by atoms with Crippen LogP contribution < -0.4 is 5.32 Å². The standard InChI is InChI=1S/C18H13ClFN7OS/c19-13-3-1-2-12(8-13)16-23-26-27(25-16)10-15-22-24-18(29-15)17(28)21-9-11-4-6-14(20)7-5-11/h1-8H,9-10H2,(H,21,28). The Bertz CT molecular complexity index is 1150. The Morgan fingerprint density at radius 1 is 1.14 bits per heavy atom. The fourth-order valence-electron chi connectivity index (χ4n) is 2.44. The van der Waals surface area contributed by atoms with E-state index in [1.807, 2.05) is 6.07 Å². The van der Waals surface area contributed by atoms with E-state index in [9.17, 15) is 9.18 Å². The van der Waals surface area contributed by atoms with Gasteiger partial charge in [0.2, 0.25) is 10.8 Å². The molecule has 1 N–H and O–H groups in total. The zero-order valence-electron chi connectivity index (χ0n) is 14.8. The summed E-state index contributed by atoms with van der Waals surface area (Å²) in [7, 11) is 0. The number of carbonyl (C=O) groups is 1. The van der Waals surface area contributed by atoms with Gasteiger partial charge in [0, 0.05) is 17.1 Å². The average Bonchev–Trinajstić information content (AvgIpc) is 3.38. The predicted octanol–water partition coefficient (Wildman–Crippen LogP) is 2.96. The first kappa shape index (κ1) is 19.1. The molecule has 4 rings (SSSR count). The number of rotatable bonds is 6. The van der Waals surface area contributed by atoms with Crippen LogP contribution >= 0.6 is 22.9 Å². The van der Waals surface area contributed by atoms with Crippen LogP contribution in [0.4, 0.5) is 4.39 Å². The fourth-order valence-corrected chi connectivity index (χ4v) is 3.37. The number of halogens is 2. The van der Waals surface area contributed by atoms with Crippen molar-refractivity contribution in [1.82, 2.24) is 35.7 Å². The minimum absolute atomic E-state index is 0.220. The molecule has 0 spiro atoms. The summed E-state index contributed by atoms with van der Waals surface area (Å²) < 4.78 is 12.9. The number of nitrogens with zero attached hydrogens (tertiary/aromatic N) is 6. The van der Waals surface area contributed by atoms with Gasteiger partial charge in [-0.1, -0.05) is 47.2 Å². The minimum atomic E-state index is -0.357. The van der Waals surface area contributed by atoms with E-state index >= 15 is 0 Å². The normalized spacial score (nSPS) is 10.8. The third kappa shape index (κ3) is 4.79. The maximum atomic E-state index is 12.9. The van der Waals surface area contributed by atoms with E-state index in [0.717, 1.165) is 22.5 Å². The van der Waals surface area contributed by atoms with Crippen LogP contribution in [0.5, 0.6) is 0 Å². The molecule has 2 heterocycles. The van der Waals surface area contributed by atoms with Gasteiger partial charge in [0.1, 0.15) is 17.4 Å². The van der Waals surface area contributed by atoms with Crippen molar-refractivity contribution in [3.05, 3.63) is 74.9 Å². The van der Waals surface area contributed by atoms with Gasteiger partial charge >= 0.3 is 0 Å². The lowest BCUT2D eigenvalue weighted by atomic mass is 10.2. The molecule has 0 saturated carbocycles. The highest BCUT2D eigenvalue weighted by Gasteiger charge is 2.14. The minimum Gasteiger partial charge on any atom is -0.346 e. The van der Waals surface area contributed by atoms with Gasteiger partial charge in [0.05, 0.1) is 0 Å². The third-order valence-corrected chi connectivity index (χ3v) is 4.98. The Labute approximate surface area is 173 Å². The van der Waals surface area contributed by atoms with Crippen LogP contribution in [0.3, 0.4) is 0 Å². The summed E-state index contributed by atoms with van der Waals surface area (Å²) in [6.07, 6.45) is 0. The SMILES string of the molecule is O=C(NCc1ccc(F)cc1)c1nnc(Cn2nnc(-c3cccc(Cl)c3)n2)s1. The molecule has 0 radical (unpaired) electrons. The van der Waals surface area contributed by atoms with Crippen LogP contribution in [0, 0.1) is 5.82 Å². The molecule has 0 bridgehead atoms. The molecule has 4 aromatic rings. The average molecular weight is 430 g/mol. The van der Waals surface area contributed by atoms with Gasteiger partial charge in [-0.15, -0.1) is 20.4 Å². The molecule has 8 nitrogen and oxygen atoms in total. The molecule has 0 atom stereocenters. The van der Waals surface area contributed by atoms with E-state index in [4.69, 9.17) is 11.6 Å². The zero-order valence-corrected chi connectivity index (χ0v) is 16.4. The van der Waals surface area contributed by atoms with E-state index in [1.165, 1.54) is 16.9 Å². The number of amides is 1. The Morgan fingerprint density at radius 3 is 2.76 bits per heavy atom. The van der Waals surface area contributed by atoms with Crippen LogP contribution in [-0.4, -0.2) is 36.3 Å². The van der Waals surface area contributed by atoms with Gasteiger partial charge in [-0.2, -0.15) is 4.80 Å². The molecule has 29 heavy (non-hydrogen) atoms. The Kier molecular flexibility index (Phi) is 5.54. The summed E-state index contributed by atoms with van der Waals surface area (Å²) in [6, 6.07) is 13.0. The van der Waals surface area contributed by atoms with E-state index in [1.54, 1.807) is 30.3 Å². The lowest BCUT2D eigenvalue weighted by Crippen LogP contribution is -2.22. The van der Waals surface area contributed by atoms with Gasteiger partial charge in [0.25, 0.3) is 5.91 Å². The van der Waals surface area contributed by atoms with Crippen LogP contribution in [0.15, 0.2) is 48.5 Å². The molecule has 0 aliphatic heterocycles. The summed E-state index contributed by atoms with van der Waals surface area (Å²) >= 11 is 7.12. The second-order valence-corrected chi connectivity index (χ2v) is 7.46. The second kappa shape index (κ2) is 8.41. The van der Waals surface area contributed by atoms with Crippen LogP contribution in [0.1, 0.15) is 20.4 Å². The van der Waals surface area contributed by atoms with Gasteiger partial charge in [0.15, 0.2) is 0 Å². The van der Waals surface area contributed by atoms with Gasteiger partial charge in [-0.05, 0) is 35.0 Å². The molecule has 2 aromatic heterocycles. The first-order valence-electron chi connectivity index (χ1n) is 8.45. The lowest BCUT2D eigenvalue weighted by molar-refractivity contribution is 0.0950. The number of hydrogen-bond donors (Lipinski definition) is 1. The molecule has 0 saturated heterocycles. The van der Waals surface area contributed by atoms with Crippen LogP contribution in [-0.2, 0) is 13.1 Å². The molecule has 0 unspecified atom stereocenters. The maximum absolute atomic E-state index is 12.9.